The molecule has 0 aromatic heterocycles. The van der Waals surface area contributed by atoms with Crippen molar-refractivity contribution >= 4 is 11.9 Å². The standard InChI is InChI=1S/C15H26O4/c1-6-8-10-13(16)18-11-12(9-7-2)14(17)19-15(3,4)5/h9H,6-8,10-11H2,1-5H3. The molecule has 0 aromatic rings. The van der Waals surface area contributed by atoms with Crippen molar-refractivity contribution in [3.63, 3.8) is 0 Å². The van der Waals surface area contributed by atoms with Crippen LogP contribution < -0.4 is 0 Å². The molecule has 0 rings (SSSR count). The number of carbonyl (C=O) groups excluding carboxylic acids is 2. The van der Waals surface area contributed by atoms with Crippen molar-refractivity contribution in [2.45, 2.75) is 65.9 Å². The van der Waals surface area contributed by atoms with Crippen molar-refractivity contribution < 1.29 is 19.1 Å². The Kier molecular flexibility index (Phi) is 8.12. The van der Waals surface area contributed by atoms with E-state index in [1.807, 2.05) is 34.6 Å². The zero-order valence-corrected chi connectivity index (χ0v) is 12.7. The van der Waals surface area contributed by atoms with E-state index in [4.69, 9.17) is 9.47 Å². The van der Waals surface area contributed by atoms with Crippen molar-refractivity contribution in [3.05, 3.63) is 11.6 Å². The fourth-order valence-electron chi connectivity index (χ4n) is 1.34. The molecule has 0 heterocycles. The second-order valence-electron chi connectivity index (χ2n) is 5.40. The fraction of sp³-hybridized carbons (Fsp3) is 0.733. The first-order valence-electron chi connectivity index (χ1n) is 6.88. The van der Waals surface area contributed by atoms with Gasteiger partial charge < -0.3 is 9.47 Å². The van der Waals surface area contributed by atoms with Crippen LogP contribution in [-0.4, -0.2) is 24.1 Å². The van der Waals surface area contributed by atoms with Gasteiger partial charge in [0, 0.05) is 6.42 Å². The second kappa shape index (κ2) is 8.73. The lowest BCUT2D eigenvalue weighted by Gasteiger charge is -2.20. The molecule has 0 spiro atoms. The minimum Gasteiger partial charge on any atom is -0.461 e. The van der Waals surface area contributed by atoms with E-state index < -0.39 is 11.6 Å². The van der Waals surface area contributed by atoms with Gasteiger partial charge in [0.05, 0.1) is 5.57 Å². The van der Waals surface area contributed by atoms with Crippen LogP contribution in [0.4, 0.5) is 0 Å². The third-order valence-corrected chi connectivity index (χ3v) is 2.23. The SMILES string of the molecule is CCC=C(COC(=O)CCCC)C(=O)OC(C)(C)C. The summed E-state index contributed by atoms with van der Waals surface area (Å²) in [6.45, 7) is 9.34. The summed E-state index contributed by atoms with van der Waals surface area (Å²) in [4.78, 5) is 23.3. The number of carbonyl (C=O) groups is 2. The largest absolute Gasteiger partial charge is 0.461 e. The van der Waals surface area contributed by atoms with E-state index in [-0.39, 0.29) is 12.6 Å². The molecule has 0 aliphatic carbocycles. The quantitative estimate of drug-likeness (QED) is 0.525. The van der Waals surface area contributed by atoms with Crippen LogP contribution in [0.25, 0.3) is 0 Å². The number of unbranched alkanes of at least 4 members (excludes halogenated alkanes) is 1. The van der Waals surface area contributed by atoms with Crippen LogP contribution >= 0.6 is 0 Å². The molecule has 0 bridgehead atoms. The molecule has 4 heteroatoms. The topological polar surface area (TPSA) is 52.6 Å². The summed E-state index contributed by atoms with van der Waals surface area (Å²) in [7, 11) is 0. The van der Waals surface area contributed by atoms with Crippen molar-refractivity contribution in [1.82, 2.24) is 0 Å². The van der Waals surface area contributed by atoms with E-state index in [2.05, 4.69) is 0 Å². The third kappa shape index (κ3) is 9.28. The van der Waals surface area contributed by atoms with Crippen molar-refractivity contribution in [2.75, 3.05) is 6.61 Å². The molecule has 0 unspecified atom stereocenters. The molecule has 0 radical (unpaired) electrons. The Morgan fingerprint density at radius 1 is 1.16 bits per heavy atom. The summed E-state index contributed by atoms with van der Waals surface area (Å²) >= 11 is 0. The van der Waals surface area contributed by atoms with Gasteiger partial charge in [0.25, 0.3) is 0 Å². The van der Waals surface area contributed by atoms with Crippen LogP contribution in [-0.2, 0) is 19.1 Å². The molecule has 19 heavy (non-hydrogen) atoms. The Hall–Kier alpha value is -1.32. The van der Waals surface area contributed by atoms with E-state index in [0.29, 0.717) is 18.4 Å². The Balaban J connectivity index is 4.39. The average molecular weight is 270 g/mol. The number of rotatable bonds is 7. The number of hydrogen-bond acceptors (Lipinski definition) is 4. The van der Waals surface area contributed by atoms with Gasteiger partial charge in [-0.25, -0.2) is 4.79 Å². The summed E-state index contributed by atoms with van der Waals surface area (Å²) in [5, 5.41) is 0. The van der Waals surface area contributed by atoms with Crippen LogP contribution in [0.3, 0.4) is 0 Å². The summed E-state index contributed by atoms with van der Waals surface area (Å²) in [5.41, 5.74) is -0.141. The Morgan fingerprint density at radius 3 is 2.26 bits per heavy atom. The zero-order chi connectivity index (χ0) is 14.9. The highest BCUT2D eigenvalue weighted by atomic mass is 16.6. The van der Waals surface area contributed by atoms with Gasteiger partial charge in [0.2, 0.25) is 0 Å². The van der Waals surface area contributed by atoms with Crippen molar-refractivity contribution in [2.24, 2.45) is 0 Å². The molecular formula is C15H26O4. The van der Waals surface area contributed by atoms with Crippen LogP contribution in [0.2, 0.25) is 0 Å². The predicted molar refractivity (Wildman–Crippen MR) is 74.7 cm³/mol. The molecule has 0 atom stereocenters. The van der Waals surface area contributed by atoms with Crippen LogP contribution in [0.15, 0.2) is 11.6 Å². The highest BCUT2D eigenvalue weighted by Gasteiger charge is 2.20. The number of allylic oxidation sites excluding steroid dienone is 1. The highest BCUT2D eigenvalue weighted by molar-refractivity contribution is 5.89. The maximum atomic E-state index is 11.9. The number of hydrogen-bond donors (Lipinski definition) is 0. The third-order valence-electron chi connectivity index (χ3n) is 2.23. The number of esters is 2. The lowest BCUT2D eigenvalue weighted by Crippen LogP contribution is -2.26. The molecule has 0 saturated heterocycles. The average Bonchev–Trinajstić information content (AvgIpc) is 2.29. The Morgan fingerprint density at radius 2 is 1.79 bits per heavy atom. The lowest BCUT2D eigenvalue weighted by molar-refractivity contribution is -0.151. The van der Waals surface area contributed by atoms with E-state index in [0.717, 1.165) is 12.8 Å². The van der Waals surface area contributed by atoms with E-state index in [9.17, 15) is 9.59 Å². The summed E-state index contributed by atoms with van der Waals surface area (Å²) in [5.74, 6) is -0.690. The molecule has 110 valence electrons. The van der Waals surface area contributed by atoms with Gasteiger partial charge in [-0.15, -0.1) is 0 Å². The van der Waals surface area contributed by atoms with E-state index in [1.54, 1.807) is 6.08 Å². The predicted octanol–water partition coefficient (Wildman–Crippen LogP) is 3.40. The van der Waals surface area contributed by atoms with Crippen molar-refractivity contribution in [1.29, 1.82) is 0 Å². The molecule has 0 fully saturated rings. The van der Waals surface area contributed by atoms with E-state index in [1.165, 1.54) is 0 Å². The Labute approximate surface area is 116 Å². The minimum atomic E-state index is -0.546. The maximum Gasteiger partial charge on any atom is 0.337 e. The summed E-state index contributed by atoms with van der Waals surface area (Å²) in [6, 6.07) is 0. The minimum absolute atomic E-state index is 0.00863. The van der Waals surface area contributed by atoms with Gasteiger partial charge in [-0.05, 0) is 33.6 Å². The van der Waals surface area contributed by atoms with Crippen LogP contribution in [0, 0.1) is 0 Å². The summed E-state index contributed by atoms with van der Waals surface area (Å²) < 4.78 is 10.4. The second-order valence-corrected chi connectivity index (χ2v) is 5.40. The zero-order valence-electron chi connectivity index (χ0n) is 12.7. The molecule has 0 saturated carbocycles. The molecule has 0 aliphatic rings. The first-order chi connectivity index (χ1) is 8.80. The van der Waals surface area contributed by atoms with Gasteiger partial charge in [0.15, 0.2) is 0 Å². The molecule has 4 nitrogen and oxygen atoms in total. The van der Waals surface area contributed by atoms with Gasteiger partial charge in [0.1, 0.15) is 12.2 Å². The smallest absolute Gasteiger partial charge is 0.337 e. The van der Waals surface area contributed by atoms with Gasteiger partial charge in [-0.1, -0.05) is 26.3 Å². The number of ether oxygens (including phenoxy) is 2. The monoisotopic (exact) mass is 270 g/mol. The first-order valence-corrected chi connectivity index (χ1v) is 6.88. The van der Waals surface area contributed by atoms with Gasteiger partial charge in [-0.2, -0.15) is 0 Å². The highest BCUT2D eigenvalue weighted by Crippen LogP contribution is 2.12. The molecule has 0 aromatic carbocycles. The van der Waals surface area contributed by atoms with Crippen molar-refractivity contribution in [3.8, 4) is 0 Å². The normalized spacial score (nSPS) is 12.2. The maximum absolute atomic E-state index is 11.9. The first kappa shape index (κ1) is 17.7. The van der Waals surface area contributed by atoms with Gasteiger partial charge in [-0.3, -0.25) is 4.79 Å². The molecule has 0 aliphatic heterocycles. The summed E-state index contributed by atoms with van der Waals surface area (Å²) in [6.07, 6.45) is 4.57. The molecule has 0 amide bonds. The lowest BCUT2D eigenvalue weighted by atomic mass is 10.1. The fourth-order valence-corrected chi connectivity index (χ4v) is 1.34. The van der Waals surface area contributed by atoms with Crippen LogP contribution in [0.5, 0.6) is 0 Å². The van der Waals surface area contributed by atoms with E-state index >= 15 is 0 Å². The molecular weight excluding hydrogens is 244 g/mol. The van der Waals surface area contributed by atoms with Gasteiger partial charge >= 0.3 is 11.9 Å². The Bertz CT molecular complexity index is 324. The molecule has 0 N–H and O–H groups in total. The van der Waals surface area contributed by atoms with Crippen LogP contribution in [0.1, 0.15) is 60.3 Å².